The van der Waals surface area contributed by atoms with Crippen molar-refractivity contribution in [2.24, 2.45) is 17.8 Å². The third-order valence-electron chi connectivity index (χ3n) is 11.6. The molecule has 3 N–H and O–H groups in total. The second kappa shape index (κ2) is 11.4. The highest BCUT2D eigenvalue weighted by Crippen LogP contribution is 2.55. The SMILES string of the molecule is O=C(NC1[C@@H]2CC3C[C@H]1CC(O)(C3)C2)N1CCN(c2ccc(N3CCN(S(=O)(=O)C4CCNCC4)CC3)cc2)c2ccccc21. The molecule has 2 aromatic rings. The normalized spacial score (nSPS) is 32.1. The average molecular weight is 635 g/mol. The van der Waals surface area contributed by atoms with Gasteiger partial charge in [-0.05, 0) is 112 Å². The highest BCUT2D eigenvalue weighted by atomic mass is 32.2. The van der Waals surface area contributed by atoms with E-state index in [2.05, 4.69) is 50.8 Å². The van der Waals surface area contributed by atoms with Crippen LogP contribution in [0.5, 0.6) is 0 Å². The van der Waals surface area contributed by atoms with Crippen LogP contribution in [0.25, 0.3) is 0 Å². The summed E-state index contributed by atoms with van der Waals surface area (Å²) in [5.74, 6) is 1.37. The van der Waals surface area contributed by atoms with E-state index in [4.69, 9.17) is 0 Å². The fourth-order valence-electron chi connectivity index (χ4n) is 9.63. The molecule has 5 atom stereocenters. The summed E-state index contributed by atoms with van der Waals surface area (Å²) in [4.78, 5) is 20.2. The van der Waals surface area contributed by atoms with Gasteiger partial charge in [0.15, 0.2) is 0 Å². The lowest BCUT2D eigenvalue weighted by Crippen LogP contribution is -2.63. The highest BCUT2D eigenvalue weighted by molar-refractivity contribution is 7.89. The lowest BCUT2D eigenvalue weighted by atomic mass is 9.52. The Morgan fingerprint density at radius 1 is 0.822 bits per heavy atom. The Kier molecular flexibility index (Phi) is 7.50. The number of sulfonamides is 1. The standard InChI is InChI=1S/C34H46N6O4S/c41-33(36-32-25-19-24-20-26(32)23-34(42,21-24)22-25)40-18-17-39(30-3-1-2-4-31(30)40)28-7-5-27(6-8-28)37-13-15-38(16-14-37)45(43,44)29-9-11-35-12-10-29/h1-8,24-26,29,32,35,42H,9-23H2,(H,36,41)/t24?,25-,26+,32?,34?. The summed E-state index contributed by atoms with van der Waals surface area (Å²) in [6.07, 6.45) is 6.21. The van der Waals surface area contributed by atoms with Gasteiger partial charge in [0.2, 0.25) is 10.0 Å². The molecule has 2 aromatic carbocycles. The largest absolute Gasteiger partial charge is 0.390 e. The number of para-hydroxylation sites is 2. The summed E-state index contributed by atoms with van der Waals surface area (Å²) < 4.78 is 28.1. The number of anilines is 4. The van der Waals surface area contributed by atoms with Crippen LogP contribution in [-0.2, 0) is 10.0 Å². The number of nitrogens with zero attached hydrogens (tertiary/aromatic N) is 4. The van der Waals surface area contributed by atoms with Crippen LogP contribution >= 0.6 is 0 Å². The molecule has 10 nitrogen and oxygen atoms in total. The Morgan fingerprint density at radius 3 is 2.13 bits per heavy atom. The van der Waals surface area contributed by atoms with Crippen molar-refractivity contribution in [1.29, 1.82) is 0 Å². The zero-order valence-corrected chi connectivity index (χ0v) is 26.8. The van der Waals surface area contributed by atoms with E-state index >= 15 is 0 Å². The van der Waals surface area contributed by atoms with Crippen LogP contribution in [0.4, 0.5) is 27.5 Å². The number of benzene rings is 2. The van der Waals surface area contributed by atoms with Crippen LogP contribution in [0.15, 0.2) is 48.5 Å². The maximum atomic E-state index is 13.8. The quantitative estimate of drug-likeness (QED) is 0.462. The molecule has 0 aromatic heterocycles. The summed E-state index contributed by atoms with van der Waals surface area (Å²) in [7, 11) is -3.25. The minimum absolute atomic E-state index is 0.0248. The molecule has 2 saturated heterocycles. The minimum atomic E-state index is -3.25. The molecule has 3 aliphatic heterocycles. The molecule has 0 spiro atoms. The summed E-state index contributed by atoms with van der Waals surface area (Å²) in [6.45, 7) is 5.24. The van der Waals surface area contributed by atoms with Crippen molar-refractivity contribution < 1.29 is 18.3 Å². The first-order valence-corrected chi connectivity index (χ1v) is 18.5. The number of piperidine rings is 1. The van der Waals surface area contributed by atoms with Crippen molar-refractivity contribution in [3.8, 4) is 0 Å². The fourth-order valence-corrected chi connectivity index (χ4v) is 11.6. The first-order chi connectivity index (χ1) is 21.8. The van der Waals surface area contributed by atoms with Crippen molar-refractivity contribution in [3.05, 3.63) is 48.5 Å². The van der Waals surface area contributed by atoms with Crippen LogP contribution in [0.1, 0.15) is 44.9 Å². The zero-order chi connectivity index (χ0) is 30.8. The van der Waals surface area contributed by atoms with Gasteiger partial charge in [-0.3, -0.25) is 4.90 Å². The molecule has 2 amide bonds. The Labute approximate surface area is 266 Å². The Bertz CT molecular complexity index is 1510. The van der Waals surface area contributed by atoms with E-state index in [9.17, 15) is 18.3 Å². The molecule has 242 valence electrons. The molecular weight excluding hydrogens is 588 g/mol. The van der Waals surface area contributed by atoms with E-state index in [1.54, 1.807) is 4.31 Å². The van der Waals surface area contributed by atoms with Crippen LogP contribution in [0.3, 0.4) is 0 Å². The molecule has 4 aliphatic carbocycles. The third-order valence-corrected chi connectivity index (χ3v) is 14.0. The van der Waals surface area contributed by atoms with Gasteiger partial charge in [-0.1, -0.05) is 12.1 Å². The van der Waals surface area contributed by atoms with Crippen molar-refractivity contribution in [2.45, 2.75) is 61.8 Å². The van der Waals surface area contributed by atoms with Gasteiger partial charge in [0, 0.05) is 56.7 Å². The number of aliphatic hydroxyl groups is 1. The van der Waals surface area contributed by atoms with Gasteiger partial charge in [-0.2, -0.15) is 4.31 Å². The molecule has 4 saturated carbocycles. The first-order valence-electron chi connectivity index (χ1n) is 17.0. The Hall–Kier alpha value is -2.86. The van der Waals surface area contributed by atoms with Crippen molar-refractivity contribution in [2.75, 3.05) is 67.1 Å². The monoisotopic (exact) mass is 634 g/mol. The number of amides is 2. The molecule has 45 heavy (non-hydrogen) atoms. The number of nitrogens with one attached hydrogen (secondary N) is 2. The van der Waals surface area contributed by atoms with Gasteiger partial charge in [0.25, 0.3) is 0 Å². The highest BCUT2D eigenvalue weighted by Gasteiger charge is 2.55. The van der Waals surface area contributed by atoms with Crippen LogP contribution < -0.4 is 25.3 Å². The molecule has 0 radical (unpaired) electrons. The van der Waals surface area contributed by atoms with E-state index in [1.807, 2.05) is 23.1 Å². The first kappa shape index (κ1) is 29.5. The van der Waals surface area contributed by atoms with Crippen LogP contribution in [0, 0.1) is 17.8 Å². The molecule has 9 rings (SSSR count). The lowest BCUT2D eigenvalue weighted by Gasteiger charge is -2.58. The topological polar surface area (TPSA) is 108 Å². The summed E-state index contributed by atoms with van der Waals surface area (Å²) >= 11 is 0. The molecule has 6 fully saturated rings. The number of hydrogen-bond donors (Lipinski definition) is 3. The number of fused-ring (bicyclic) bond motifs is 1. The number of urea groups is 1. The van der Waals surface area contributed by atoms with Crippen LogP contribution in [0.2, 0.25) is 0 Å². The molecule has 11 heteroatoms. The molecular formula is C34H46N6O4S. The maximum absolute atomic E-state index is 13.8. The smallest absolute Gasteiger partial charge is 0.322 e. The van der Waals surface area contributed by atoms with Crippen LogP contribution in [-0.4, -0.2) is 93.1 Å². The van der Waals surface area contributed by atoms with E-state index in [0.717, 1.165) is 67.9 Å². The fraction of sp³-hybridized carbons (Fsp3) is 0.618. The minimum Gasteiger partial charge on any atom is -0.390 e. The Morgan fingerprint density at radius 2 is 1.47 bits per heavy atom. The molecule has 7 aliphatic rings. The zero-order valence-electron chi connectivity index (χ0n) is 26.0. The maximum Gasteiger partial charge on any atom is 0.322 e. The second-order valence-electron chi connectivity index (χ2n) is 14.4. The van der Waals surface area contributed by atoms with Gasteiger partial charge in [0.05, 0.1) is 22.2 Å². The summed E-state index contributed by atoms with van der Waals surface area (Å²) in [5, 5.41) is 17.4. The van der Waals surface area contributed by atoms with Gasteiger partial charge in [-0.15, -0.1) is 0 Å². The molecule has 3 unspecified atom stereocenters. The second-order valence-corrected chi connectivity index (χ2v) is 16.6. The number of hydrogen-bond acceptors (Lipinski definition) is 7. The average Bonchev–Trinajstić information content (AvgIpc) is 3.05. The number of carbonyl (C=O) groups excluding carboxylic acids is 1. The summed E-state index contributed by atoms with van der Waals surface area (Å²) in [5.41, 5.74) is 3.60. The van der Waals surface area contributed by atoms with E-state index < -0.39 is 15.6 Å². The number of carbonyl (C=O) groups is 1. The number of piperazine rings is 1. The predicted octanol–water partition coefficient (Wildman–Crippen LogP) is 3.50. The van der Waals surface area contributed by atoms with E-state index in [0.29, 0.717) is 69.9 Å². The summed E-state index contributed by atoms with van der Waals surface area (Å²) in [6, 6.07) is 16.8. The molecule has 3 heterocycles. The Balaban J connectivity index is 0.924. The van der Waals surface area contributed by atoms with Crippen molar-refractivity contribution >= 4 is 38.8 Å². The number of rotatable bonds is 5. The molecule has 4 bridgehead atoms. The van der Waals surface area contributed by atoms with Gasteiger partial charge in [-0.25, -0.2) is 13.2 Å². The lowest BCUT2D eigenvalue weighted by molar-refractivity contribution is -0.136. The van der Waals surface area contributed by atoms with Gasteiger partial charge in [0.1, 0.15) is 0 Å². The predicted molar refractivity (Wildman–Crippen MR) is 177 cm³/mol. The van der Waals surface area contributed by atoms with E-state index in [1.165, 1.54) is 0 Å². The third kappa shape index (κ3) is 5.39. The van der Waals surface area contributed by atoms with E-state index in [-0.39, 0.29) is 17.3 Å². The van der Waals surface area contributed by atoms with Crippen molar-refractivity contribution in [1.82, 2.24) is 14.9 Å². The van der Waals surface area contributed by atoms with Crippen molar-refractivity contribution in [3.63, 3.8) is 0 Å². The van der Waals surface area contributed by atoms with Gasteiger partial charge >= 0.3 is 6.03 Å². The van der Waals surface area contributed by atoms with Gasteiger partial charge < -0.3 is 25.5 Å².